The van der Waals surface area contributed by atoms with Gasteiger partial charge < -0.3 is 10.1 Å². The first-order valence-corrected chi connectivity index (χ1v) is 6.17. The molecule has 0 bridgehead atoms. The van der Waals surface area contributed by atoms with Crippen LogP contribution in [0.4, 0.5) is 4.39 Å². The molecule has 1 aromatic rings. The molecule has 2 rings (SSSR count). The van der Waals surface area contributed by atoms with Crippen LogP contribution in [0.1, 0.15) is 25.3 Å². The van der Waals surface area contributed by atoms with Gasteiger partial charge in [-0.3, -0.25) is 0 Å². The quantitative estimate of drug-likeness (QED) is 0.872. The number of benzene rings is 1. The van der Waals surface area contributed by atoms with E-state index in [4.69, 9.17) is 4.74 Å². The van der Waals surface area contributed by atoms with E-state index in [2.05, 4.69) is 12.2 Å². The molecule has 1 aliphatic rings. The lowest BCUT2D eigenvalue weighted by Gasteiger charge is -2.38. The number of ether oxygens (including phenoxy) is 1. The molecule has 0 amide bonds. The first kappa shape index (κ1) is 12.5. The summed E-state index contributed by atoms with van der Waals surface area (Å²) in [6.07, 6.45) is 2.60. The monoisotopic (exact) mass is 237 g/mol. The second-order valence-electron chi connectivity index (χ2n) is 5.04. The summed E-state index contributed by atoms with van der Waals surface area (Å²) >= 11 is 0. The summed E-state index contributed by atoms with van der Waals surface area (Å²) in [5.74, 6) is -0.135. The lowest BCUT2D eigenvalue weighted by Crippen LogP contribution is -2.45. The fraction of sp³-hybridized carbons (Fsp3) is 0.571. The van der Waals surface area contributed by atoms with Crippen molar-refractivity contribution < 1.29 is 9.13 Å². The van der Waals surface area contributed by atoms with Crippen molar-refractivity contribution in [1.82, 2.24) is 5.32 Å². The summed E-state index contributed by atoms with van der Waals surface area (Å²) in [4.78, 5) is 0. The Morgan fingerprint density at radius 1 is 1.47 bits per heavy atom. The topological polar surface area (TPSA) is 21.3 Å². The molecular formula is C14H20FNO. The lowest BCUT2D eigenvalue weighted by atomic mass is 9.86. The van der Waals surface area contributed by atoms with E-state index in [1.165, 1.54) is 6.07 Å². The van der Waals surface area contributed by atoms with Crippen LogP contribution in [0.3, 0.4) is 0 Å². The minimum Gasteiger partial charge on any atom is -0.375 e. The van der Waals surface area contributed by atoms with Crippen LogP contribution in [0.25, 0.3) is 0 Å². The zero-order valence-electron chi connectivity index (χ0n) is 10.5. The highest BCUT2D eigenvalue weighted by Crippen LogP contribution is 2.29. The molecule has 0 aliphatic carbocycles. The molecule has 0 spiro atoms. The zero-order chi connectivity index (χ0) is 12.3. The van der Waals surface area contributed by atoms with Gasteiger partial charge >= 0.3 is 0 Å². The molecule has 1 saturated heterocycles. The van der Waals surface area contributed by atoms with Gasteiger partial charge in [-0.15, -0.1) is 0 Å². The second-order valence-corrected chi connectivity index (χ2v) is 5.04. The van der Waals surface area contributed by atoms with Gasteiger partial charge in [0.05, 0.1) is 5.60 Å². The van der Waals surface area contributed by atoms with Crippen LogP contribution >= 0.6 is 0 Å². The molecular weight excluding hydrogens is 217 g/mol. The van der Waals surface area contributed by atoms with Crippen molar-refractivity contribution in [1.29, 1.82) is 0 Å². The van der Waals surface area contributed by atoms with E-state index in [0.29, 0.717) is 12.5 Å². The summed E-state index contributed by atoms with van der Waals surface area (Å²) in [6.45, 7) is 2.82. The van der Waals surface area contributed by atoms with Crippen molar-refractivity contribution in [2.75, 3.05) is 13.7 Å². The fourth-order valence-electron chi connectivity index (χ4n) is 2.54. The summed E-state index contributed by atoms with van der Waals surface area (Å²) in [5.41, 5.74) is 0.487. The number of rotatable bonds is 3. The summed E-state index contributed by atoms with van der Waals surface area (Å²) < 4.78 is 19.5. The van der Waals surface area contributed by atoms with Gasteiger partial charge in [-0.05, 0) is 38.4 Å². The Balaban J connectivity index is 2.09. The Morgan fingerprint density at radius 2 is 2.24 bits per heavy atom. The van der Waals surface area contributed by atoms with Crippen molar-refractivity contribution in [2.45, 2.75) is 37.8 Å². The van der Waals surface area contributed by atoms with Crippen molar-refractivity contribution in [3.63, 3.8) is 0 Å². The SMILES string of the molecule is CNC1CCOC(C)(Cc2ccccc2F)C1. The Morgan fingerprint density at radius 3 is 2.94 bits per heavy atom. The van der Waals surface area contributed by atoms with Crippen LogP contribution in [0, 0.1) is 5.82 Å². The maximum atomic E-state index is 13.6. The third-order valence-corrected chi connectivity index (χ3v) is 3.53. The molecule has 1 aliphatic heterocycles. The molecule has 0 saturated carbocycles. The van der Waals surface area contributed by atoms with Crippen LogP contribution in [-0.4, -0.2) is 25.3 Å². The minimum absolute atomic E-state index is 0.135. The van der Waals surface area contributed by atoms with E-state index in [1.54, 1.807) is 6.07 Å². The van der Waals surface area contributed by atoms with Crippen LogP contribution in [0.15, 0.2) is 24.3 Å². The largest absolute Gasteiger partial charge is 0.375 e. The lowest BCUT2D eigenvalue weighted by molar-refractivity contribution is -0.0748. The molecule has 1 aromatic carbocycles. The third kappa shape index (κ3) is 3.05. The predicted octanol–water partition coefficient (Wildman–Crippen LogP) is 2.53. The van der Waals surface area contributed by atoms with Gasteiger partial charge in [0.2, 0.25) is 0 Å². The molecule has 1 heterocycles. The Hall–Kier alpha value is -0.930. The standard InChI is InChI=1S/C14H20FNO/c1-14(10-12(16-2)7-8-17-14)9-11-5-3-4-6-13(11)15/h3-6,12,16H,7-10H2,1-2H3. The number of hydrogen-bond acceptors (Lipinski definition) is 2. The second kappa shape index (κ2) is 5.15. The Kier molecular flexibility index (Phi) is 3.79. The number of halogens is 1. The third-order valence-electron chi connectivity index (χ3n) is 3.53. The van der Waals surface area contributed by atoms with Gasteiger partial charge in [0.15, 0.2) is 0 Å². The van der Waals surface area contributed by atoms with E-state index in [-0.39, 0.29) is 11.4 Å². The number of hydrogen-bond donors (Lipinski definition) is 1. The zero-order valence-corrected chi connectivity index (χ0v) is 10.5. The number of nitrogens with one attached hydrogen (secondary N) is 1. The van der Waals surface area contributed by atoms with Crippen molar-refractivity contribution in [3.8, 4) is 0 Å². The minimum atomic E-state index is -0.256. The Bertz CT molecular complexity index is 382. The first-order chi connectivity index (χ1) is 8.13. The molecule has 2 nitrogen and oxygen atoms in total. The summed E-state index contributed by atoms with van der Waals surface area (Å²) in [5, 5.41) is 3.29. The average molecular weight is 237 g/mol. The van der Waals surface area contributed by atoms with Gasteiger partial charge in [-0.2, -0.15) is 0 Å². The molecule has 0 radical (unpaired) electrons. The first-order valence-electron chi connectivity index (χ1n) is 6.17. The van der Waals surface area contributed by atoms with E-state index < -0.39 is 0 Å². The van der Waals surface area contributed by atoms with Crippen molar-refractivity contribution in [3.05, 3.63) is 35.6 Å². The van der Waals surface area contributed by atoms with E-state index in [0.717, 1.165) is 25.0 Å². The summed E-state index contributed by atoms with van der Waals surface area (Å²) in [7, 11) is 1.97. The molecule has 2 unspecified atom stereocenters. The maximum absolute atomic E-state index is 13.6. The molecule has 0 aromatic heterocycles. The van der Waals surface area contributed by atoms with Gasteiger partial charge in [-0.25, -0.2) is 4.39 Å². The average Bonchev–Trinajstić information content (AvgIpc) is 2.32. The highest BCUT2D eigenvalue weighted by Gasteiger charge is 2.33. The van der Waals surface area contributed by atoms with Crippen molar-refractivity contribution >= 4 is 0 Å². The van der Waals surface area contributed by atoms with E-state index in [9.17, 15) is 4.39 Å². The molecule has 2 atom stereocenters. The van der Waals surface area contributed by atoms with Gasteiger partial charge in [-0.1, -0.05) is 18.2 Å². The van der Waals surface area contributed by atoms with E-state index >= 15 is 0 Å². The maximum Gasteiger partial charge on any atom is 0.126 e. The normalized spacial score (nSPS) is 29.2. The van der Waals surface area contributed by atoms with Gasteiger partial charge in [0, 0.05) is 19.1 Å². The van der Waals surface area contributed by atoms with Crippen molar-refractivity contribution in [2.24, 2.45) is 0 Å². The van der Waals surface area contributed by atoms with Crippen LogP contribution in [0.5, 0.6) is 0 Å². The van der Waals surface area contributed by atoms with E-state index in [1.807, 2.05) is 19.2 Å². The smallest absolute Gasteiger partial charge is 0.126 e. The highest BCUT2D eigenvalue weighted by atomic mass is 19.1. The molecule has 17 heavy (non-hydrogen) atoms. The summed E-state index contributed by atoms with van der Waals surface area (Å²) in [6, 6.07) is 7.42. The van der Waals surface area contributed by atoms with Crippen LogP contribution in [-0.2, 0) is 11.2 Å². The Labute approximate surface area is 102 Å². The van der Waals surface area contributed by atoms with Gasteiger partial charge in [0.1, 0.15) is 5.82 Å². The van der Waals surface area contributed by atoms with Crippen LogP contribution in [0.2, 0.25) is 0 Å². The molecule has 1 N–H and O–H groups in total. The van der Waals surface area contributed by atoms with Crippen LogP contribution < -0.4 is 5.32 Å². The predicted molar refractivity (Wildman–Crippen MR) is 66.5 cm³/mol. The highest BCUT2D eigenvalue weighted by molar-refractivity contribution is 5.19. The molecule has 1 fully saturated rings. The molecule has 94 valence electrons. The fourth-order valence-corrected chi connectivity index (χ4v) is 2.54. The van der Waals surface area contributed by atoms with Gasteiger partial charge in [0.25, 0.3) is 0 Å². The molecule has 3 heteroatoms.